The molecule has 0 radical (unpaired) electrons. The zero-order chi connectivity index (χ0) is 21.8. The van der Waals surface area contributed by atoms with Crippen LogP contribution in [0.4, 0.5) is 10.5 Å². The topological polar surface area (TPSA) is 85.6 Å². The lowest BCUT2D eigenvalue weighted by atomic mass is 10.1. The second-order valence-corrected chi connectivity index (χ2v) is 8.03. The average Bonchev–Trinajstić information content (AvgIpc) is 3.43. The number of carbonyl (C=O) groups is 2. The highest BCUT2D eigenvalue weighted by atomic mass is 32.1. The fourth-order valence-electron chi connectivity index (χ4n) is 3.21. The minimum absolute atomic E-state index is 0.0979. The molecule has 158 valence electrons. The first-order chi connectivity index (χ1) is 15.1. The molecule has 0 saturated heterocycles. The summed E-state index contributed by atoms with van der Waals surface area (Å²) >= 11 is 1.39. The van der Waals surface area contributed by atoms with Gasteiger partial charge in [-0.1, -0.05) is 31.5 Å². The Balaban J connectivity index is 1.67. The summed E-state index contributed by atoms with van der Waals surface area (Å²) in [5.74, 6) is -0.0979. The van der Waals surface area contributed by atoms with Crippen molar-refractivity contribution < 1.29 is 14.3 Å². The van der Waals surface area contributed by atoms with Gasteiger partial charge in [0.05, 0.1) is 28.9 Å². The van der Waals surface area contributed by atoms with E-state index in [2.05, 4.69) is 15.4 Å². The molecule has 4 rings (SSSR count). The lowest BCUT2D eigenvalue weighted by Gasteiger charge is -2.10. The molecule has 0 bridgehead atoms. The molecule has 0 aliphatic carbocycles. The highest BCUT2D eigenvalue weighted by Crippen LogP contribution is 2.26. The number of benzene rings is 1. The molecule has 1 N–H and O–H groups in total. The maximum absolute atomic E-state index is 12.9. The smallest absolute Gasteiger partial charge is 0.411 e. The fourth-order valence-corrected chi connectivity index (χ4v) is 3.89. The molecule has 4 aromatic rings. The third-order valence-electron chi connectivity index (χ3n) is 4.73. The molecule has 0 aliphatic rings. The Hall–Kier alpha value is -3.52. The van der Waals surface area contributed by atoms with Crippen LogP contribution < -0.4 is 5.32 Å². The number of hydrogen-bond donors (Lipinski definition) is 1. The summed E-state index contributed by atoms with van der Waals surface area (Å²) < 4.78 is 6.83. The van der Waals surface area contributed by atoms with Crippen molar-refractivity contribution in [1.82, 2.24) is 14.6 Å². The second-order valence-electron chi connectivity index (χ2n) is 7.08. The number of unbranched alkanes of at least 4 members (excludes halogenated alkanes) is 1. The van der Waals surface area contributed by atoms with Crippen molar-refractivity contribution in [3.63, 3.8) is 0 Å². The molecule has 0 atom stereocenters. The van der Waals surface area contributed by atoms with Crippen LogP contribution >= 0.6 is 11.3 Å². The van der Waals surface area contributed by atoms with Gasteiger partial charge in [-0.25, -0.2) is 14.3 Å². The number of aryl methyl sites for hydroxylation is 1. The Morgan fingerprint density at radius 1 is 1.19 bits per heavy atom. The highest BCUT2D eigenvalue weighted by molar-refractivity contribution is 7.12. The lowest BCUT2D eigenvalue weighted by Crippen LogP contribution is -2.14. The van der Waals surface area contributed by atoms with Crippen molar-refractivity contribution in [2.75, 3.05) is 11.9 Å². The van der Waals surface area contributed by atoms with E-state index >= 15 is 0 Å². The van der Waals surface area contributed by atoms with Gasteiger partial charge in [0.25, 0.3) is 0 Å². The van der Waals surface area contributed by atoms with Crippen molar-refractivity contribution >= 4 is 34.5 Å². The van der Waals surface area contributed by atoms with Crippen LogP contribution in [0.15, 0.2) is 54.0 Å². The zero-order valence-electron chi connectivity index (χ0n) is 17.3. The van der Waals surface area contributed by atoms with Crippen LogP contribution in [-0.4, -0.2) is 33.1 Å². The molecular formula is C23H22N4O3S. The van der Waals surface area contributed by atoms with E-state index < -0.39 is 6.09 Å². The Labute approximate surface area is 183 Å². The van der Waals surface area contributed by atoms with E-state index in [9.17, 15) is 9.59 Å². The number of ether oxygens (including phenoxy) is 1. The van der Waals surface area contributed by atoms with Gasteiger partial charge in [0.1, 0.15) is 0 Å². The Morgan fingerprint density at radius 2 is 2.06 bits per heavy atom. The molecule has 0 unspecified atom stereocenters. The number of amides is 1. The zero-order valence-corrected chi connectivity index (χ0v) is 18.1. The van der Waals surface area contributed by atoms with E-state index in [0.29, 0.717) is 28.4 Å². The van der Waals surface area contributed by atoms with E-state index in [1.165, 1.54) is 11.3 Å². The number of carbonyl (C=O) groups excluding carboxylic acids is 2. The largest absolute Gasteiger partial charge is 0.449 e. The molecule has 0 spiro atoms. The second kappa shape index (κ2) is 9.09. The number of anilines is 1. The summed E-state index contributed by atoms with van der Waals surface area (Å²) in [4.78, 5) is 30.1. The minimum atomic E-state index is -0.482. The number of nitrogens with zero attached hydrogens (tertiary/aromatic N) is 3. The maximum Gasteiger partial charge on any atom is 0.411 e. The summed E-state index contributed by atoms with van der Waals surface area (Å²) in [7, 11) is 0. The van der Waals surface area contributed by atoms with Crippen molar-refractivity contribution in [3.05, 3.63) is 70.2 Å². The number of hydrogen-bond acceptors (Lipinski definition) is 6. The third-order valence-corrected chi connectivity index (χ3v) is 5.59. The van der Waals surface area contributed by atoms with Crippen molar-refractivity contribution in [3.8, 4) is 11.3 Å². The first kappa shape index (κ1) is 20.7. The fraction of sp³-hybridized carbons (Fsp3) is 0.217. The van der Waals surface area contributed by atoms with Crippen LogP contribution in [0.1, 0.15) is 40.7 Å². The number of nitrogens with one attached hydrogen (secondary N) is 1. The van der Waals surface area contributed by atoms with Gasteiger partial charge in [0, 0.05) is 16.9 Å². The van der Waals surface area contributed by atoms with E-state index in [4.69, 9.17) is 4.74 Å². The van der Waals surface area contributed by atoms with Gasteiger partial charge in [0.15, 0.2) is 5.65 Å². The molecule has 0 aliphatic heterocycles. The van der Waals surface area contributed by atoms with E-state index in [1.54, 1.807) is 22.8 Å². The Morgan fingerprint density at radius 3 is 2.84 bits per heavy atom. The SMILES string of the molecule is CCCCOC(=O)Nc1cccc(-c2cc(C)nc3c(C(=O)c4cccs4)cnn23)c1. The van der Waals surface area contributed by atoms with Crippen LogP contribution in [-0.2, 0) is 4.74 Å². The summed E-state index contributed by atoms with van der Waals surface area (Å²) in [5.41, 5.74) is 3.95. The van der Waals surface area contributed by atoms with E-state index in [0.717, 1.165) is 29.8 Å². The molecule has 7 nitrogen and oxygen atoms in total. The van der Waals surface area contributed by atoms with Crippen LogP contribution in [0, 0.1) is 6.92 Å². The normalized spacial score (nSPS) is 10.9. The number of ketones is 1. The molecule has 0 fully saturated rings. The Bertz CT molecular complexity index is 1230. The summed E-state index contributed by atoms with van der Waals surface area (Å²) in [6, 6.07) is 13.0. The Kier molecular flexibility index (Phi) is 6.08. The van der Waals surface area contributed by atoms with Gasteiger partial charge in [0.2, 0.25) is 5.78 Å². The molecular weight excluding hydrogens is 412 g/mol. The molecule has 3 aromatic heterocycles. The van der Waals surface area contributed by atoms with Crippen molar-refractivity contribution in [1.29, 1.82) is 0 Å². The summed E-state index contributed by atoms with van der Waals surface area (Å²) in [6.07, 6.45) is 2.86. The van der Waals surface area contributed by atoms with Crippen molar-refractivity contribution in [2.45, 2.75) is 26.7 Å². The lowest BCUT2D eigenvalue weighted by molar-refractivity contribution is 0.104. The molecule has 31 heavy (non-hydrogen) atoms. The molecule has 1 amide bonds. The number of thiophene rings is 1. The summed E-state index contributed by atoms with van der Waals surface area (Å²) in [6.45, 7) is 4.31. The van der Waals surface area contributed by atoms with Gasteiger partial charge in [-0.2, -0.15) is 5.10 Å². The van der Waals surface area contributed by atoms with Gasteiger partial charge in [-0.05, 0) is 43.0 Å². The van der Waals surface area contributed by atoms with Gasteiger partial charge < -0.3 is 4.74 Å². The number of rotatable bonds is 7. The van der Waals surface area contributed by atoms with E-state index in [1.807, 2.05) is 49.6 Å². The predicted molar refractivity (Wildman–Crippen MR) is 121 cm³/mol. The minimum Gasteiger partial charge on any atom is -0.449 e. The number of fused-ring (bicyclic) bond motifs is 1. The standard InChI is InChI=1S/C23H22N4O3S/c1-3-4-10-30-23(29)26-17-8-5-7-16(13-17)19-12-15(2)25-22-18(14-24-27(19)22)21(28)20-9-6-11-31-20/h5-9,11-14H,3-4,10H2,1-2H3,(H,26,29). The van der Waals surface area contributed by atoms with Crippen LogP contribution in [0.2, 0.25) is 0 Å². The first-order valence-corrected chi connectivity index (χ1v) is 10.9. The maximum atomic E-state index is 12.9. The molecule has 8 heteroatoms. The van der Waals surface area contributed by atoms with Crippen molar-refractivity contribution in [2.24, 2.45) is 0 Å². The quantitative estimate of drug-likeness (QED) is 0.313. The molecule has 3 heterocycles. The van der Waals surface area contributed by atoms with Crippen LogP contribution in [0.5, 0.6) is 0 Å². The predicted octanol–water partition coefficient (Wildman–Crippen LogP) is 5.35. The average molecular weight is 435 g/mol. The first-order valence-electron chi connectivity index (χ1n) is 10.0. The van der Waals surface area contributed by atoms with Gasteiger partial charge in [-0.3, -0.25) is 10.1 Å². The van der Waals surface area contributed by atoms with Gasteiger partial charge in [-0.15, -0.1) is 11.3 Å². The number of aromatic nitrogens is 3. The van der Waals surface area contributed by atoms with E-state index in [-0.39, 0.29) is 5.78 Å². The molecule has 1 aromatic carbocycles. The monoisotopic (exact) mass is 434 g/mol. The molecule has 0 saturated carbocycles. The van der Waals surface area contributed by atoms with Gasteiger partial charge >= 0.3 is 6.09 Å². The third kappa shape index (κ3) is 4.49. The highest BCUT2D eigenvalue weighted by Gasteiger charge is 2.19. The van der Waals surface area contributed by atoms with Crippen LogP contribution in [0.3, 0.4) is 0 Å². The summed E-state index contributed by atoms with van der Waals surface area (Å²) in [5, 5.41) is 9.06. The van der Waals surface area contributed by atoms with Crippen LogP contribution in [0.25, 0.3) is 16.9 Å².